The molecule has 2 aromatic carbocycles. The summed E-state index contributed by atoms with van der Waals surface area (Å²) in [5.41, 5.74) is 0.646. The lowest BCUT2D eigenvalue weighted by molar-refractivity contribution is -0.116. The zero-order valence-corrected chi connectivity index (χ0v) is 12.7. The van der Waals surface area contributed by atoms with Crippen LogP contribution in [0.15, 0.2) is 48.5 Å². The molecule has 0 aliphatic heterocycles. The Hall–Kier alpha value is -2.69. The summed E-state index contributed by atoms with van der Waals surface area (Å²) in [6, 6.07) is 14.6. The number of anilines is 1. The number of methoxy groups -OCH3 is 2. The fraction of sp³-hybridized carbons (Fsp3) is 0.235. The minimum atomic E-state index is -0.139. The first-order valence-electron chi connectivity index (χ1n) is 6.93. The minimum absolute atomic E-state index is 0.139. The Labute approximate surface area is 129 Å². The molecule has 1 N–H and O–H groups in total. The molecular weight excluding hydrogens is 282 g/mol. The molecular formula is C17H19NO4. The van der Waals surface area contributed by atoms with Crippen LogP contribution in [0.2, 0.25) is 0 Å². The molecule has 0 aliphatic carbocycles. The molecule has 0 bridgehead atoms. The van der Waals surface area contributed by atoms with Crippen molar-refractivity contribution in [3.05, 3.63) is 48.5 Å². The van der Waals surface area contributed by atoms with E-state index in [1.165, 1.54) is 0 Å². The molecule has 0 spiro atoms. The van der Waals surface area contributed by atoms with Crippen LogP contribution in [0.4, 0.5) is 5.69 Å². The fourth-order valence-corrected chi connectivity index (χ4v) is 1.95. The van der Waals surface area contributed by atoms with Gasteiger partial charge in [0, 0.05) is 0 Å². The summed E-state index contributed by atoms with van der Waals surface area (Å²) in [6.45, 7) is 0.265. The molecule has 5 heteroatoms. The number of ether oxygens (including phenoxy) is 3. The highest BCUT2D eigenvalue weighted by Gasteiger charge is 2.08. The maximum atomic E-state index is 11.9. The predicted octanol–water partition coefficient (Wildman–Crippen LogP) is 3.11. The largest absolute Gasteiger partial charge is 0.495 e. The maximum Gasteiger partial charge on any atom is 0.227 e. The molecule has 0 aliphatic rings. The molecule has 0 saturated heterocycles. The maximum absolute atomic E-state index is 11.9. The lowest BCUT2D eigenvalue weighted by Crippen LogP contribution is -2.15. The Morgan fingerprint density at radius 1 is 0.909 bits per heavy atom. The number of nitrogens with one attached hydrogen (secondary N) is 1. The summed E-state index contributed by atoms with van der Waals surface area (Å²) in [4.78, 5) is 11.9. The van der Waals surface area contributed by atoms with Crippen LogP contribution in [0.3, 0.4) is 0 Å². The van der Waals surface area contributed by atoms with E-state index in [2.05, 4.69) is 5.32 Å². The summed E-state index contributed by atoms with van der Waals surface area (Å²) >= 11 is 0. The average Bonchev–Trinajstić information content (AvgIpc) is 2.55. The van der Waals surface area contributed by atoms with E-state index in [4.69, 9.17) is 14.2 Å². The van der Waals surface area contributed by atoms with Crippen molar-refractivity contribution < 1.29 is 19.0 Å². The number of hydrogen-bond donors (Lipinski definition) is 1. The van der Waals surface area contributed by atoms with E-state index in [0.29, 0.717) is 22.9 Å². The van der Waals surface area contributed by atoms with Gasteiger partial charge >= 0.3 is 0 Å². The van der Waals surface area contributed by atoms with E-state index >= 15 is 0 Å². The molecule has 0 saturated carbocycles. The number of para-hydroxylation sites is 4. The van der Waals surface area contributed by atoms with Gasteiger partial charge in [-0.2, -0.15) is 0 Å². The first kappa shape index (κ1) is 15.7. The monoisotopic (exact) mass is 301 g/mol. The van der Waals surface area contributed by atoms with Crippen molar-refractivity contribution in [3.8, 4) is 17.2 Å². The Balaban J connectivity index is 1.85. The van der Waals surface area contributed by atoms with Gasteiger partial charge in [-0.3, -0.25) is 4.79 Å². The van der Waals surface area contributed by atoms with Crippen LogP contribution in [-0.4, -0.2) is 26.7 Å². The Morgan fingerprint density at radius 2 is 1.50 bits per heavy atom. The molecule has 0 heterocycles. The molecule has 5 nitrogen and oxygen atoms in total. The van der Waals surface area contributed by atoms with E-state index in [1.807, 2.05) is 30.3 Å². The standard InChI is InChI=1S/C17H19NO4/c1-20-14-8-4-3-7-13(14)18-17(19)11-12-22-16-10-6-5-9-15(16)21-2/h3-10H,11-12H2,1-2H3,(H,18,19). The third-order valence-electron chi connectivity index (χ3n) is 3.04. The van der Waals surface area contributed by atoms with Crippen LogP contribution in [0.25, 0.3) is 0 Å². The van der Waals surface area contributed by atoms with Gasteiger partial charge in [0.05, 0.1) is 32.9 Å². The topological polar surface area (TPSA) is 56.8 Å². The van der Waals surface area contributed by atoms with E-state index in [0.717, 1.165) is 0 Å². The molecule has 0 aromatic heterocycles. The van der Waals surface area contributed by atoms with Gasteiger partial charge in [0.25, 0.3) is 0 Å². The van der Waals surface area contributed by atoms with Crippen LogP contribution >= 0.6 is 0 Å². The summed E-state index contributed by atoms with van der Waals surface area (Å²) < 4.78 is 16.0. The van der Waals surface area contributed by atoms with Crippen molar-refractivity contribution in [3.63, 3.8) is 0 Å². The highest BCUT2D eigenvalue weighted by Crippen LogP contribution is 2.26. The molecule has 22 heavy (non-hydrogen) atoms. The van der Waals surface area contributed by atoms with Crippen molar-refractivity contribution in [2.45, 2.75) is 6.42 Å². The predicted molar refractivity (Wildman–Crippen MR) is 84.7 cm³/mol. The Bertz CT molecular complexity index is 628. The van der Waals surface area contributed by atoms with Crippen LogP contribution in [0.1, 0.15) is 6.42 Å². The quantitative estimate of drug-likeness (QED) is 0.853. The van der Waals surface area contributed by atoms with Crippen molar-refractivity contribution >= 4 is 11.6 Å². The first-order chi connectivity index (χ1) is 10.7. The highest BCUT2D eigenvalue weighted by atomic mass is 16.5. The normalized spacial score (nSPS) is 9.91. The molecule has 0 radical (unpaired) electrons. The number of rotatable bonds is 7. The second kappa shape index (κ2) is 7.93. The smallest absolute Gasteiger partial charge is 0.227 e. The molecule has 2 aromatic rings. The third kappa shape index (κ3) is 4.15. The summed E-state index contributed by atoms with van der Waals surface area (Å²) in [5, 5.41) is 2.80. The second-order valence-corrected chi connectivity index (χ2v) is 4.50. The van der Waals surface area contributed by atoms with Crippen molar-refractivity contribution in [1.82, 2.24) is 0 Å². The van der Waals surface area contributed by atoms with Gasteiger partial charge in [0.2, 0.25) is 5.91 Å². The van der Waals surface area contributed by atoms with Gasteiger partial charge < -0.3 is 19.5 Å². The van der Waals surface area contributed by atoms with Gasteiger partial charge in [-0.25, -0.2) is 0 Å². The van der Waals surface area contributed by atoms with Gasteiger partial charge in [0.1, 0.15) is 5.75 Å². The Morgan fingerprint density at radius 3 is 2.18 bits per heavy atom. The third-order valence-corrected chi connectivity index (χ3v) is 3.04. The van der Waals surface area contributed by atoms with E-state index in [9.17, 15) is 4.79 Å². The zero-order chi connectivity index (χ0) is 15.8. The van der Waals surface area contributed by atoms with Gasteiger partial charge in [-0.1, -0.05) is 24.3 Å². The Kier molecular flexibility index (Phi) is 5.65. The number of carbonyl (C=O) groups is 1. The van der Waals surface area contributed by atoms with Crippen LogP contribution in [0, 0.1) is 0 Å². The van der Waals surface area contributed by atoms with Crippen molar-refractivity contribution in [1.29, 1.82) is 0 Å². The van der Waals surface area contributed by atoms with Crippen LogP contribution in [0.5, 0.6) is 17.2 Å². The van der Waals surface area contributed by atoms with Crippen LogP contribution in [-0.2, 0) is 4.79 Å². The molecule has 2 rings (SSSR count). The number of benzene rings is 2. The molecule has 116 valence electrons. The number of carbonyl (C=O) groups excluding carboxylic acids is 1. The summed E-state index contributed by atoms with van der Waals surface area (Å²) in [6.07, 6.45) is 0.232. The molecule has 1 amide bonds. The van der Waals surface area contributed by atoms with Gasteiger partial charge in [0.15, 0.2) is 11.5 Å². The SMILES string of the molecule is COc1ccccc1NC(=O)CCOc1ccccc1OC. The minimum Gasteiger partial charge on any atom is -0.495 e. The summed E-state index contributed by atoms with van der Waals surface area (Å²) in [7, 11) is 3.15. The lowest BCUT2D eigenvalue weighted by atomic mass is 10.3. The van der Waals surface area contributed by atoms with Crippen molar-refractivity contribution in [2.24, 2.45) is 0 Å². The molecule has 0 fully saturated rings. The number of amides is 1. The molecule has 0 atom stereocenters. The first-order valence-corrected chi connectivity index (χ1v) is 6.93. The van der Waals surface area contributed by atoms with Crippen molar-refractivity contribution in [2.75, 3.05) is 26.1 Å². The average molecular weight is 301 g/mol. The van der Waals surface area contributed by atoms with E-state index in [-0.39, 0.29) is 18.9 Å². The van der Waals surface area contributed by atoms with Crippen LogP contribution < -0.4 is 19.5 Å². The highest BCUT2D eigenvalue weighted by molar-refractivity contribution is 5.92. The van der Waals surface area contributed by atoms with Gasteiger partial charge in [-0.05, 0) is 24.3 Å². The lowest BCUT2D eigenvalue weighted by Gasteiger charge is -2.11. The fourth-order valence-electron chi connectivity index (χ4n) is 1.95. The summed E-state index contributed by atoms with van der Waals surface area (Å²) in [5.74, 6) is 1.75. The van der Waals surface area contributed by atoms with Gasteiger partial charge in [-0.15, -0.1) is 0 Å². The molecule has 0 unspecified atom stereocenters. The zero-order valence-electron chi connectivity index (χ0n) is 12.7. The number of hydrogen-bond acceptors (Lipinski definition) is 4. The second-order valence-electron chi connectivity index (χ2n) is 4.50. The van der Waals surface area contributed by atoms with E-state index < -0.39 is 0 Å². The van der Waals surface area contributed by atoms with E-state index in [1.54, 1.807) is 32.4 Å².